The van der Waals surface area contributed by atoms with E-state index in [0.29, 0.717) is 6.61 Å². The van der Waals surface area contributed by atoms with Crippen molar-refractivity contribution in [1.29, 1.82) is 0 Å². The molecular weight excluding hydrogens is 396 g/mol. The van der Waals surface area contributed by atoms with Crippen molar-refractivity contribution in [2.75, 3.05) is 0 Å². The molecule has 0 radical (unpaired) electrons. The van der Waals surface area contributed by atoms with Crippen LogP contribution in [0.25, 0.3) is 33.4 Å². The van der Waals surface area contributed by atoms with E-state index in [2.05, 4.69) is 101 Å². The van der Waals surface area contributed by atoms with E-state index in [1.807, 2.05) is 6.07 Å². The lowest BCUT2D eigenvalue weighted by molar-refractivity contribution is 0.308. The summed E-state index contributed by atoms with van der Waals surface area (Å²) in [5, 5.41) is 0. The summed E-state index contributed by atoms with van der Waals surface area (Å²) in [4.78, 5) is 0. The van der Waals surface area contributed by atoms with E-state index < -0.39 is 0 Å². The maximum atomic E-state index is 6.28. The van der Waals surface area contributed by atoms with Gasteiger partial charge in [-0.15, -0.1) is 0 Å². The van der Waals surface area contributed by atoms with Gasteiger partial charge in [0, 0.05) is 15.6 Å². The maximum absolute atomic E-state index is 6.28. The van der Waals surface area contributed by atoms with Crippen LogP contribution in [0.4, 0.5) is 0 Å². The molecule has 0 N–H and O–H groups in total. The van der Waals surface area contributed by atoms with Crippen molar-refractivity contribution in [3.8, 4) is 39.1 Å². The zero-order chi connectivity index (χ0) is 18.2. The largest absolute Gasteiger partial charge is 0.488 e. The van der Waals surface area contributed by atoms with E-state index in [1.54, 1.807) is 0 Å². The van der Waals surface area contributed by atoms with Gasteiger partial charge in [-0.1, -0.05) is 94.8 Å². The van der Waals surface area contributed by atoms with Crippen molar-refractivity contribution in [2.24, 2.45) is 0 Å². The highest BCUT2D eigenvalue weighted by molar-refractivity contribution is 9.10. The SMILES string of the molecule is Brc1cccc2c1-c1ccccc1-c1ccccc1OCc1ccccc1-2. The van der Waals surface area contributed by atoms with Crippen LogP contribution in [0.5, 0.6) is 5.75 Å². The Bertz CT molecular complexity index is 1150. The van der Waals surface area contributed by atoms with Crippen LogP contribution < -0.4 is 4.74 Å². The quantitative estimate of drug-likeness (QED) is 0.293. The molecule has 1 aliphatic heterocycles. The molecule has 0 amide bonds. The van der Waals surface area contributed by atoms with Crippen molar-refractivity contribution < 1.29 is 4.74 Å². The Hall–Kier alpha value is -2.84. The maximum Gasteiger partial charge on any atom is 0.127 e. The van der Waals surface area contributed by atoms with Crippen LogP contribution in [0.2, 0.25) is 0 Å². The van der Waals surface area contributed by atoms with Crippen LogP contribution in [0.3, 0.4) is 0 Å². The lowest BCUT2D eigenvalue weighted by Crippen LogP contribution is -2.02. The molecule has 0 spiro atoms. The number of fused-ring (bicyclic) bond motifs is 7. The number of benzene rings is 4. The fourth-order valence-corrected chi connectivity index (χ4v) is 4.42. The van der Waals surface area contributed by atoms with Crippen molar-refractivity contribution in [2.45, 2.75) is 6.61 Å². The zero-order valence-corrected chi connectivity index (χ0v) is 16.2. The molecule has 4 aromatic carbocycles. The first-order valence-electron chi connectivity index (χ1n) is 9.01. The van der Waals surface area contributed by atoms with Gasteiger partial charge < -0.3 is 4.74 Å². The number of halogens is 1. The first-order valence-corrected chi connectivity index (χ1v) is 9.80. The van der Waals surface area contributed by atoms with Crippen LogP contribution >= 0.6 is 15.9 Å². The Morgan fingerprint density at radius 1 is 0.556 bits per heavy atom. The summed E-state index contributed by atoms with van der Waals surface area (Å²) in [6, 6.07) is 31.8. The molecule has 0 aliphatic carbocycles. The van der Waals surface area contributed by atoms with Crippen molar-refractivity contribution in [1.82, 2.24) is 0 Å². The second kappa shape index (κ2) is 6.71. The average Bonchev–Trinajstić information content (AvgIpc) is 2.72. The molecule has 1 aliphatic rings. The van der Waals surface area contributed by atoms with Gasteiger partial charge in [0.15, 0.2) is 0 Å². The smallest absolute Gasteiger partial charge is 0.127 e. The first kappa shape index (κ1) is 16.3. The van der Waals surface area contributed by atoms with Gasteiger partial charge in [0.1, 0.15) is 12.4 Å². The zero-order valence-electron chi connectivity index (χ0n) is 14.7. The lowest BCUT2D eigenvalue weighted by atomic mass is 9.87. The topological polar surface area (TPSA) is 9.23 Å². The van der Waals surface area contributed by atoms with Crippen LogP contribution in [0, 0.1) is 0 Å². The molecule has 130 valence electrons. The van der Waals surface area contributed by atoms with E-state index in [9.17, 15) is 0 Å². The second-order valence-corrected chi connectivity index (χ2v) is 7.50. The molecule has 0 atom stereocenters. The fraction of sp³-hybridized carbons (Fsp3) is 0.0400. The molecule has 0 saturated carbocycles. The van der Waals surface area contributed by atoms with Gasteiger partial charge in [-0.05, 0) is 39.9 Å². The molecule has 2 heteroatoms. The van der Waals surface area contributed by atoms with Gasteiger partial charge in [0.05, 0.1) is 0 Å². The molecular formula is C25H17BrO. The number of para-hydroxylation sites is 1. The summed E-state index contributed by atoms with van der Waals surface area (Å²) < 4.78 is 7.38. The monoisotopic (exact) mass is 412 g/mol. The summed E-state index contributed by atoms with van der Waals surface area (Å²) in [6.07, 6.45) is 0. The van der Waals surface area contributed by atoms with Crippen LogP contribution in [-0.2, 0) is 6.61 Å². The van der Waals surface area contributed by atoms with E-state index in [4.69, 9.17) is 4.74 Å². The van der Waals surface area contributed by atoms with Gasteiger partial charge in [0.25, 0.3) is 0 Å². The van der Waals surface area contributed by atoms with Gasteiger partial charge in [-0.2, -0.15) is 0 Å². The molecule has 4 aromatic rings. The molecule has 0 unspecified atom stereocenters. The normalized spacial score (nSPS) is 12.0. The Morgan fingerprint density at radius 2 is 1.19 bits per heavy atom. The fourth-order valence-electron chi connectivity index (χ4n) is 3.84. The van der Waals surface area contributed by atoms with Crippen LogP contribution in [0.1, 0.15) is 5.56 Å². The summed E-state index contributed by atoms with van der Waals surface area (Å²) >= 11 is 3.82. The third kappa shape index (κ3) is 2.77. The summed E-state index contributed by atoms with van der Waals surface area (Å²) in [5.74, 6) is 0.912. The minimum absolute atomic E-state index is 0.543. The van der Waals surface area contributed by atoms with Gasteiger partial charge in [-0.25, -0.2) is 0 Å². The highest BCUT2D eigenvalue weighted by atomic mass is 79.9. The number of hydrogen-bond acceptors (Lipinski definition) is 1. The van der Waals surface area contributed by atoms with Gasteiger partial charge in [0.2, 0.25) is 0 Å². The molecule has 27 heavy (non-hydrogen) atoms. The lowest BCUT2D eigenvalue weighted by Gasteiger charge is -2.22. The predicted molar refractivity (Wildman–Crippen MR) is 115 cm³/mol. The van der Waals surface area contributed by atoms with Crippen molar-refractivity contribution in [3.05, 3.63) is 101 Å². The highest BCUT2D eigenvalue weighted by Crippen LogP contribution is 2.45. The van der Waals surface area contributed by atoms with Gasteiger partial charge in [-0.3, -0.25) is 0 Å². The summed E-state index contributed by atoms with van der Waals surface area (Å²) in [5.41, 5.74) is 8.34. The minimum atomic E-state index is 0.543. The second-order valence-electron chi connectivity index (χ2n) is 6.65. The molecule has 0 fully saturated rings. The average molecular weight is 413 g/mol. The third-order valence-electron chi connectivity index (χ3n) is 5.08. The first-order chi connectivity index (χ1) is 13.3. The summed E-state index contributed by atoms with van der Waals surface area (Å²) in [6.45, 7) is 0.543. The standard InChI is InChI=1S/C25H17BrO/c26-23-14-7-13-21-18-9-2-1-8-17(18)16-27-24-15-6-5-11-20(24)19-10-3-4-12-22(19)25(21)23/h1-15H,16H2. The van der Waals surface area contributed by atoms with Crippen LogP contribution in [0.15, 0.2) is 95.5 Å². The molecule has 0 saturated heterocycles. The predicted octanol–water partition coefficient (Wildman–Crippen LogP) is 7.34. The van der Waals surface area contributed by atoms with Crippen molar-refractivity contribution in [3.63, 3.8) is 0 Å². The van der Waals surface area contributed by atoms with E-state index >= 15 is 0 Å². The number of rotatable bonds is 0. The molecule has 0 bridgehead atoms. The molecule has 1 nitrogen and oxygen atoms in total. The number of hydrogen-bond donors (Lipinski definition) is 0. The Kier molecular flexibility index (Phi) is 4.06. The Labute approximate surface area is 167 Å². The van der Waals surface area contributed by atoms with E-state index in [1.165, 1.54) is 33.4 Å². The molecule has 1 heterocycles. The third-order valence-corrected chi connectivity index (χ3v) is 5.74. The van der Waals surface area contributed by atoms with E-state index in [-0.39, 0.29) is 0 Å². The Balaban J connectivity index is 1.92. The van der Waals surface area contributed by atoms with Crippen molar-refractivity contribution >= 4 is 15.9 Å². The molecule has 0 aromatic heterocycles. The van der Waals surface area contributed by atoms with Crippen LogP contribution in [-0.4, -0.2) is 0 Å². The summed E-state index contributed by atoms with van der Waals surface area (Å²) in [7, 11) is 0. The van der Waals surface area contributed by atoms with E-state index in [0.717, 1.165) is 15.8 Å². The van der Waals surface area contributed by atoms with Gasteiger partial charge >= 0.3 is 0 Å². The Morgan fingerprint density at radius 3 is 2.04 bits per heavy atom. The highest BCUT2D eigenvalue weighted by Gasteiger charge is 2.20. The minimum Gasteiger partial charge on any atom is -0.488 e. The number of ether oxygens (including phenoxy) is 1. The molecule has 5 rings (SSSR count).